The molecule has 0 bridgehead atoms. The summed E-state index contributed by atoms with van der Waals surface area (Å²) in [7, 11) is 1.40. The van der Waals surface area contributed by atoms with E-state index in [0.717, 1.165) is 35.2 Å². The first kappa shape index (κ1) is 22.9. The van der Waals surface area contributed by atoms with Crippen molar-refractivity contribution in [1.82, 2.24) is 9.80 Å². The van der Waals surface area contributed by atoms with E-state index in [1.165, 1.54) is 31.0 Å². The predicted molar refractivity (Wildman–Crippen MR) is 124 cm³/mol. The number of aliphatic hydroxyl groups excluding tert-OH is 1. The number of hydrogen-bond donors (Lipinski definition) is 1. The zero-order chi connectivity index (χ0) is 23.5. The summed E-state index contributed by atoms with van der Waals surface area (Å²) in [4.78, 5) is 40.6. The number of aliphatic hydroxyl groups is 1. The molecule has 1 atom stereocenters. The van der Waals surface area contributed by atoms with E-state index in [1.54, 1.807) is 31.2 Å². The van der Waals surface area contributed by atoms with Gasteiger partial charge in [0.1, 0.15) is 6.61 Å². The van der Waals surface area contributed by atoms with Crippen molar-refractivity contribution in [3.05, 3.63) is 70.3 Å². The Bertz CT molecular complexity index is 1120. The van der Waals surface area contributed by atoms with Crippen LogP contribution in [0.25, 0.3) is 0 Å². The number of rotatable bonds is 7. The molecule has 1 N–H and O–H groups in total. The first-order chi connectivity index (χ1) is 15.9. The average molecular weight is 445 g/mol. The number of likely N-dealkylation sites (N-methyl/N-ethyl adjacent to an activating group) is 1. The minimum atomic E-state index is -1.28. The number of amides is 1. The number of carbonyl (C=O) groups excluding carboxylic acids is 3. The van der Waals surface area contributed by atoms with Gasteiger partial charge in [-0.25, -0.2) is 0 Å². The molecule has 0 saturated heterocycles. The highest BCUT2D eigenvalue weighted by Gasteiger charge is 2.33. The van der Waals surface area contributed by atoms with Crippen LogP contribution < -0.4 is 0 Å². The van der Waals surface area contributed by atoms with Crippen LogP contribution in [0.5, 0.6) is 0 Å². The molecule has 1 amide bonds. The lowest BCUT2D eigenvalue weighted by Gasteiger charge is -2.25. The maximum absolute atomic E-state index is 12.8. The van der Waals surface area contributed by atoms with Crippen LogP contribution in [0, 0.1) is 11.8 Å². The predicted octanol–water partition coefficient (Wildman–Crippen LogP) is 2.55. The molecule has 6 heteroatoms. The number of carbonyl (C=O) groups is 3. The molecule has 4 rings (SSSR count). The number of nitrogens with zero attached hydrogens (tertiary/aromatic N) is 2. The van der Waals surface area contributed by atoms with E-state index in [9.17, 15) is 19.5 Å². The van der Waals surface area contributed by atoms with Gasteiger partial charge in [0.2, 0.25) is 0 Å². The maximum Gasteiger partial charge on any atom is 0.254 e. The number of Topliss-reactive ketones (excluding diaryl/α,β-unsaturated/α-hetero) is 2. The Morgan fingerprint density at radius 1 is 1.00 bits per heavy atom. The van der Waals surface area contributed by atoms with Crippen LogP contribution in [0.1, 0.15) is 58.8 Å². The van der Waals surface area contributed by atoms with Crippen molar-refractivity contribution in [2.45, 2.75) is 51.4 Å². The highest BCUT2D eigenvalue weighted by molar-refractivity contribution is 6.10. The van der Waals surface area contributed by atoms with E-state index in [4.69, 9.17) is 0 Å². The maximum atomic E-state index is 12.8. The monoisotopic (exact) mass is 444 g/mol. The molecule has 1 saturated carbocycles. The zero-order valence-corrected chi connectivity index (χ0v) is 19.0. The fourth-order valence-electron chi connectivity index (χ4n) is 4.25. The summed E-state index contributed by atoms with van der Waals surface area (Å²) in [5, 5.41) is 9.17. The first-order valence-electron chi connectivity index (χ1n) is 11.3. The van der Waals surface area contributed by atoms with Crippen LogP contribution in [-0.4, -0.2) is 58.1 Å². The Hall–Kier alpha value is -3.27. The van der Waals surface area contributed by atoms with Gasteiger partial charge in [0.05, 0.1) is 0 Å². The fourth-order valence-corrected chi connectivity index (χ4v) is 4.25. The minimum Gasteiger partial charge on any atom is -0.388 e. The third-order valence-electron chi connectivity index (χ3n) is 6.32. The lowest BCUT2D eigenvalue weighted by atomic mass is 10.0. The summed E-state index contributed by atoms with van der Waals surface area (Å²) in [5.41, 5.74) is 4.82. The highest BCUT2D eigenvalue weighted by atomic mass is 16.3. The van der Waals surface area contributed by atoms with Crippen LogP contribution in [0.2, 0.25) is 0 Å². The first-order valence-corrected chi connectivity index (χ1v) is 11.3. The molecule has 0 spiro atoms. The summed E-state index contributed by atoms with van der Waals surface area (Å²) < 4.78 is 0. The van der Waals surface area contributed by atoms with Gasteiger partial charge in [-0.15, -0.1) is 0 Å². The molecule has 2 aromatic carbocycles. The average Bonchev–Trinajstić information content (AvgIpc) is 3.61. The molecule has 2 aliphatic rings. The molecule has 0 aromatic heterocycles. The van der Waals surface area contributed by atoms with Gasteiger partial charge in [-0.2, -0.15) is 0 Å². The number of benzene rings is 2. The van der Waals surface area contributed by atoms with E-state index < -0.39 is 30.1 Å². The van der Waals surface area contributed by atoms with Gasteiger partial charge in [-0.05, 0) is 60.4 Å². The second-order valence-corrected chi connectivity index (χ2v) is 8.71. The van der Waals surface area contributed by atoms with Crippen LogP contribution in [0.3, 0.4) is 0 Å². The van der Waals surface area contributed by atoms with E-state index in [0.29, 0.717) is 5.56 Å². The Morgan fingerprint density at radius 3 is 2.27 bits per heavy atom. The summed E-state index contributed by atoms with van der Waals surface area (Å²) >= 11 is 0. The van der Waals surface area contributed by atoms with Crippen molar-refractivity contribution < 1.29 is 19.5 Å². The second-order valence-electron chi connectivity index (χ2n) is 8.71. The molecule has 1 heterocycles. The Kier molecular flexibility index (Phi) is 6.73. The van der Waals surface area contributed by atoms with Gasteiger partial charge >= 0.3 is 0 Å². The third kappa shape index (κ3) is 5.05. The summed E-state index contributed by atoms with van der Waals surface area (Å²) in [6.07, 6.45) is 2.72. The molecule has 6 nitrogen and oxygen atoms in total. The Morgan fingerprint density at radius 2 is 1.64 bits per heavy atom. The van der Waals surface area contributed by atoms with Gasteiger partial charge < -0.3 is 10.0 Å². The summed E-state index contributed by atoms with van der Waals surface area (Å²) in [6, 6.07) is 12.6. The number of ketones is 2. The van der Waals surface area contributed by atoms with Crippen molar-refractivity contribution in [3.8, 4) is 11.8 Å². The van der Waals surface area contributed by atoms with E-state index in [1.807, 2.05) is 0 Å². The molecule has 2 aromatic rings. The lowest BCUT2D eigenvalue weighted by Crippen LogP contribution is -2.48. The molecule has 170 valence electrons. The smallest absolute Gasteiger partial charge is 0.254 e. The molecular formula is C27H28N2O4. The van der Waals surface area contributed by atoms with Crippen molar-refractivity contribution in [3.63, 3.8) is 0 Å². The van der Waals surface area contributed by atoms with Crippen LogP contribution in [-0.2, 0) is 22.7 Å². The molecule has 33 heavy (non-hydrogen) atoms. The fraction of sp³-hybridized carbons (Fsp3) is 0.370. The van der Waals surface area contributed by atoms with Crippen molar-refractivity contribution in [2.24, 2.45) is 0 Å². The number of fused-ring (bicyclic) bond motifs is 1. The summed E-state index contributed by atoms with van der Waals surface area (Å²) in [5.74, 6) is 4.80. The van der Waals surface area contributed by atoms with Crippen LogP contribution in [0.15, 0.2) is 42.5 Å². The Balaban J connectivity index is 1.44. The SMILES string of the molecule is CCC(=O)C(C(=O)CO)N(C)C(=O)c1ccc(C#Cc2ccc3c(c2)CN(C2CC2)C3)cc1. The molecule has 1 unspecified atom stereocenters. The van der Waals surface area contributed by atoms with Gasteiger partial charge in [-0.1, -0.05) is 24.8 Å². The zero-order valence-electron chi connectivity index (χ0n) is 19.0. The van der Waals surface area contributed by atoms with Gasteiger partial charge in [0.25, 0.3) is 5.91 Å². The topological polar surface area (TPSA) is 77.9 Å². The van der Waals surface area contributed by atoms with Crippen molar-refractivity contribution >= 4 is 17.5 Å². The standard InChI is InChI=1S/C27H28N2O4/c1-3-24(31)26(25(32)17-30)28(2)27(33)20-9-6-18(7-10-20)4-5-19-8-11-21-15-29(23-12-13-23)16-22(21)14-19/h6-11,14,23,26,30H,3,12-13,15-17H2,1-2H3. The number of hydrogen-bond acceptors (Lipinski definition) is 5. The third-order valence-corrected chi connectivity index (χ3v) is 6.32. The van der Waals surface area contributed by atoms with Gasteiger partial charge in [0, 0.05) is 49.3 Å². The molecule has 1 fully saturated rings. The van der Waals surface area contributed by atoms with Crippen molar-refractivity contribution in [1.29, 1.82) is 0 Å². The van der Waals surface area contributed by atoms with E-state index >= 15 is 0 Å². The van der Waals surface area contributed by atoms with Gasteiger partial charge in [-0.3, -0.25) is 19.3 Å². The van der Waals surface area contributed by atoms with E-state index in [2.05, 4.69) is 34.9 Å². The molecule has 1 aliphatic heterocycles. The normalized spacial score (nSPS) is 15.8. The van der Waals surface area contributed by atoms with Crippen molar-refractivity contribution in [2.75, 3.05) is 13.7 Å². The van der Waals surface area contributed by atoms with Crippen LogP contribution in [0.4, 0.5) is 0 Å². The Labute approximate surface area is 194 Å². The minimum absolute atomic E-state index is 0.101. The summed E-state index contributed by atoms with van der Waals surface area (Å²) in [6.45, 7) is 2.87. The molecule has 1 aliphatic carbocycles. The molecule has 0 radical (unpaired) electrons. The largest absolute Gasteiger partial charge is 0.388 e. The van der Waals surface area contributed by atoms with Gasteiger partial charge in [0.15, 0.2) is 17.6 Å². The second kappa shape index (κ2) is 9.70. The van der Waals surface area contributed by atoms with Crippen LogP contribution >= 0.6 is 0 Å². The quantitative estimate of drug-likeness (QED) is 0.525. The van der Waals surface area contributed by atoms with E-state index in [-0.39, 0.29) is 6.42 Å². The molecular weight excluding hydrogens is 416 g/mol. The highest BCUT2D eigenvalue weighted by Crippen LogP contribution is 2.34. The lowest BCUT2D eigenvalue weighted by molar-refractivity contribution is -0.134.